The Kier molecular flexibility index (Phi) is 8.16. The zero-order chi connectivity index (χ0) is 26.6. The van der Waals surface area contributed by atoms with Gasteiger partial charge in [0.1, 0.15) is 5.82 Å². The molecule has 0 atom stereocenters. The van der Waals surface area contributed by atoms with E-state index in [0.717, 1.165) is 55.6 Å². The number of halogens is 1. The Morgan fingerprint density at radius 3 is 2.68 bits per heavy atom. The van der Waals surface area contributed by atoms with Gasteiger partial charge in [0, 0.05) is 37.8 Å². The lowest BCUT2D eigenvalue weighted by atomic mass is 9.70. The zero-order valence-electron chi connectivity index (χ0n) is 21.4. The fourth-order valence-electron chi connectivity index (χ4n) is 5.18. The number of amides is 2. The molecule has 4 rings (SSSR count). The van der Waals surface area contributed by atoms with Crippen molar-refractivity contribution in [3.63, 3.8) is 0 Å². The molecule has 2 aromatic heterocycles. The largest absolute Gasteiger partial charge is 0.465 e. The summed E-state index contributed by atoms with van der Waals surface area (Å²) >= 11 is 6.07. The molecule has 1 fully saturated rings. The lowest BCUT2D eigenvalue weighted by Crippen LogP contribution is -2.43. The molecule has 0 saturated carbocycles. The van der Waals surface area contributed by atoms with Crippen LogP contribution in [-0.4, -0.2) is 63.8 Å². The minimum atomic E-state index is -1.03. The zero-order valence-corrected chi connectivity index (χ0v) is 22.2. The lowest BCUT2D eigenvalue weighted by Gasteiger charge is -2.44. The summed E-state index contributed by atoms with van der Waals surface area (Å²) in [5, 5.41) is 16.7. The van der Waals surface area contributed by atoms with Crippen molar-refractivity contribution in [1.29, 1.82) is 0 Å². The van der Waals surface area contributed by atoms with Gasteiger partial charge in [-0.1, -0.05) is 30.6 Å². The smallest absolute Gasteiger partial charge is 0.407 e. The first kappa shape index (κ1) is 26.7. The molecule has 1 aliphatic heterocycles. The number of hydrogen-bond donors (Lipinski definition) is 2. The Hall–Kier alpha value is -3.40. The van der Waals surface area contributed by atoms with Gasteiger partial charge in [0.05, 0.1) is 23.8 Å². The number of nitrogens with one attached hydrogen (secondary N) is 1. The highest BCUT2D eigenvalue weighted by Gasteiger charge is 2.36. The van der Waals surface area contributed by atoms with Crippen molar-refractivity contribution in [1.82, 2.24) is 25.3 Å². The van der Waals surface area contributed by atoms with Gasteiger partial charge in [0.2, 0.25) is 0 Å². The fraction of sp³-hybridized carbons (Fsp3) is 0.500. The first-order valence-corrected chi connectivity index (χ1v) is 12.9. The Labute approximate surface area is 221 Å². The topological polar surface area (TPSA) is 125 Å². The molecule has 3 heterocycles. The maximum atomic E-state index is 12.0. The summed E-state index contributed by atoms with van der Waals surface area (Å²) in [6, 6.07) is 6.99. The lowest BCUT2D eigenvalue weighted by molar-refractivity contribution is 0.0951. The molecule has 1 aromatic carbocycles. The molecule has 0 unspecified atom stereocenters. The molecule has 0 spiro atoms. The molecule has 37 heavy (non-hydrogen) atoms. The van der Waals surface area contributed by atoms with Crippen molar-refractivity contribution in [3.8, 4) is 0 Å². The summed E-state index contributed by atoms with van der Waals surface area (Å²) in [5.41, 5.74) is 1.73. The first-order valence-electron chi connectivity index (χ1n) is 12.5. The van der Waals surface area contributed by atoms with Crippen LogP contribution in [0.3, 0.4) is 0 Å². The number of rotatable bonds is 9. The molecule has 1 saturated heterocycles. The molecule has 1 aliphatic rings. The van der Waals surface area contributed by atoms with Crippen LogP contribution in [0.25, 0.3) is 11.0 Å². The first-order chi connectivity index (χ1) is 17.7. The van der Waals surface area contributed by atoms with Gasteiger partial charge in [0.25, 0.3) is 5.91 Å². The Balaban J connectivity index is 1.42. The molecule has 2 N–H and O–H groups in total. The van der Waals surface area contributed by atoms with Gasteiger partial charge in [-0.15, -0.1) is 0 Å². The second-order valence-electron chi connectivity index (χ2n) is 10.2. The highest BCUT2D eigenvalue weighted by atomic mass is 35.5. The van der Waals surface area contributed by atoms with Crippen molar-refractivity contribution in [2.45, 2.75) is 46.1 Å². The van der Waals surface area contributed by atoms with E-state index in [1.807, 2.05) is 18.2 Å². The number of carbonyl (C=O) groups is 2. The van der Waals surface area contributed by atoms with Gasteiger partial charge < -0.3 is 24.7 Å². The van der Waals surface area contributed by atoms with Crippen LogP contribution in [0.2, 0.25) is 5.02 Å². The Morgan fingerprint density at radius 1 is 1.24 bits per heavy atom. The maximum absolute atomic E-state index is 12.0. The second kappa shape index (κ2) is 11.3. The minimum absolute atomic E-state index is 0.0187. The van der Waals surface area contributed by atoms with Crippen molar-refractivity contribution in [3.05, 3.63) is 46.9 Å². The van der Waals surface area contributed by atoms with E-state index in [9.17, 15) is 14.7 Å². The average molecular weight is 529 g/mol. The maximum Gasteiger partial charge on any atom is 0.407 e. The van der Waals surface area contributed by atoms with Gasteiger partial charge in [-0.25, -0.2) is 9.78 Å². The van der Waals surface area contributed by atoms with Crippen LogP contribution in [0.1, 0.15) is 55.8 Å². The van der Waals surface area contributed by atoms with Crippen LogP contribution in [-0.2, 0) is 6.54 Å². The monoisotopic (exact) mass is 528 g/mol. The SMILES string of the molecule is CNC(=O)c1cc(CN(CCC2(CC(C)C)CCN(c3cnc4cc(Cl)ccc4n3)CC2)C(=O)O)on1. The van der Waals surface area contributed by atoms with Crippen molar-refractivity contribution >= 4 is 40.5 Å². The molecule has 2 amide bonds. The highest BCUT2D eigenvalue weighted by molar-refractivity contribution is 6.31. The fourth-order valence-corrected chi connectivity index (χ4v) is 5.35. The number of piperidine rings is 1. The van der Waals surface area contributed by atoms with Crippen LogP contribution in [0.4, 0.5) is 10.6 Å². The summed E-state index contributed by atoms with van der Waals surface area (Å²) in [4.78, 5) is 36.7. The van der Waals surface area contributed by atoms with Crippen LogP contribution < -0.4 is 10.2 Å². The van der Waals surface area contributed by atoms with E-state index >= 15 is 0 Å². The van der Waals surface area contributed by atoms with E-state index in [0.29, 0.717) is 23.2 Å². The standard InChI is InChI=1S/C26H33ClN6O4/c1-17(2)14-26(8-11-33(25(35)36)16-19-13-22(31-37-19)24(34)28-3)6-9-32(10-7-26)23-15-29-21-12-18(27)4-5-20(21)30-23/h4-5,12-13,15,17H,6-11,14,16H2,1-3H3,(H,28,34)(H,35,36). The van der Waals surface area contributed by atoms with Crippen molar-refractivity contribution in [2.24, 2.45) is 11.3 Å². The van der Waals surface area contributed by atoms with E-state index in [1.165, 1.54) is 18.0 Å². The van der Waals surface area contributed by atoms with Gasteiger partial charge in [-0.3, -0.25) is 9.78 Å². The van der Waals surface area contributed by atoms with Crippen LogP contribution in [0.5, 0.6) is 0 Å². The molecule has 10 nitrogen and oxygen atoms in total. The number of fused-ring (bicyclic) bond motifs is 1. The van der Waals surface area contributed by atoms with Gasteiger partial charge in [0.15, 0.2) is 11.5 Å². The van der Waals surface area contributed by atoms with Gasteiger partial charge in [-0.2, -0.15) is 0 Å². The summed E-state index contributed by atoms with van der Waals surface area (Å²) < 4.78 is 5.21. The summed E-state index contributed by atoms with van der Waals surface area (Å²) in [6.07, 6.45) is 4.39. The number of aromatic nitrogens is 3. The summed E-state index contributed by atoms with van der Waals surface area (Å²) in [5.74, 6) is 1.29. The predicted molar refractivity (Wildman–Crippen MR) is 141 cm³/mol. The molecule has 0 bridgehead atoms. The quantitative estimate of drug-likeness (QED) is 0.404. The number of benzene rings is 1. The molecular formula is C26H33ClN6O4. The highest BCUT2D eigenvalue weighted by Crippen LogP contribution is 2.42. The van der Waals surface area contributed by atoms with Crippen LogP contribution >= 0.6 is 11.6 Å². The third kappa shape index (κ3) is 6.49. The number of hydrogen-bond acceptors (Lipinski definition) is 7. The van der Waals surface area contributed by atoms with Crippen molar-refractivity contribution in [2.75, 3.05) is 31.6 Å². The average Bonchev–Trinajstić information content (AvgIpc) is 3.34. The number of carbonyl (C=O) groups excluding carboxylic acids is 1. The van der Waals surface area contributed by atoms with E-state index in [-0.39, 0.29) is 23.6 Å². The summed E-state index contributed by atoms with van der Waals surface area (Å²) in [6.45, 7) is 6.47. The van der Waals surface area contributed by atoms with E-state index in [1.54, 1.807) is 6.20 Å². The van der Waals surface area contributed by atoms with E-state index < -0.39 is 6.09 Å². The Morgan fingerprint density at radius 2 is 2.00 bits per heavy atom. The second-order valence-corrected chi connectivity index (χ2v) is 10.6. The summed E-state index contributed by atoms with van der Waals surface area (Å²) in [7, 11) is 1.50. The normalized spacial score (nSPS) is 15.2. The number of carboxylic acid groups (broad SMARTS) is 1. The van der Waals surface area contributed by atoms with Crippen LogP contribution in [0.15, 0.2) is 35.0 Å². The Bertz CT molecular complexity index is 1250. The van der Waals surface area contributed by atoms with Gasteiger partial charge >= 0.3 is 6.09 Å². The number of nitrogens with zero attached hydrogens (tertiary/aromatic N) is 5. The van der Waals surface area contributed by atoms with Gasteiger partial charge in [-0.05, 0) is 55.2 Å². The third-order valence-corrected chi connectivity index (χ3v) is 7.26. The third-order valence-electron chi connectivity index (χ3n) is 7.03. The molecule has 3 aromatic rings. The van der Waals surface area contributed by atoms with E-state index in [4.69, 9.17) is 21.1 Å². The minimum Gasteiger partial charge on any atom is -0.465 e. The molecule has 198 valence electrons. The van der Waals surface area contributed by atoms with E-state index in [2.05, 4.69) is 34.2 Å². The van der Waals surface area contributed by atoms with Crippen LogP contribution in [0, 0.1) is 11.3 Å². The molecule has 11 heteroatoms. The molecule has 0 radical (unpaired) electrons. The molecular weight excluding hydrogens is 496 g/mol. The van der Waals surface area contributed by atoms with Crippen molar-refractivity contribution < 1.29 is 19.2 Å². The predicted octanol–water partition coefficient (Wildman–Crippen LogP) is 4.83. The molecule has 0 aliphatic carbocycles. The number of anilines is 1.